The highest BCUT2D eigenvalue weighted by atomic mass is 35.5. The first-order chi connectivity index (χ1) is 15.1. The number of nitrogens with zero attached hydrogens (tertiary/aromatic N) is 3. The fraction of sp³-hybridized carbons (Fsp3) is 0.435. The van der Waals surface area contributed by atoms with Gasteiger partial charge in [-0.15, -0.1) is 0 Å². The lowest BCUT2D eigenvalue weighted by molar-refractivity contribution is 0.0627. The zero-order valence-electron chi connectivity index (χ0n) is 18.9. The minimum Gasteiger partial charge on any atom is -0.496 e. The molecule has 2 aromatic rings. The second kappa shape index (κ2) is 10.2. The Morgan fingerprint density at radius 3 is 2.28 bits per heavy atom. The Morgan fingerprint density at radius 1 is 1.09 bits per heavy atom. The predicted octanol–water partition coefficient (Wildman–Crippen LogP) is 3.34. The van der Waals surface area contributed by atoms with Gasteiger partial charge in [-0.05, 0) is 56.3 Å². The van der Waals surface area contributed by atoms with Gasteiger partial charge in [0.05, 0.1) is 12.0 Å². The third-order valence-electron chi connectivity index (χ3n) is 5.80. The molecule has 0 N–H and O–H groups in total. The van der Waals surface area contributed by atoms with Crippen LogP contribution in [0.4, 0.5) is 0 Å². The number of methoxy groups -OCH3 is 1. The number of hydrogen-bond donors (Lipinski definition) is 0. The van der Waals surface area contributed by atoms with Gasteiger partial charge in [0.15, 0.2) is 0 Å². The Labute approximate surface area is 195 Å². The van der Waals surface area contributed by atoms with E-state index in [-0.39, 0.29) is 16.8 Å². The Hall–Kier alpha value is -2.13. The lowest BCUT2D eigenvalue weighted by Crippen LogP contribution is -2.48. The van der Waals surface area contributed by atoms with Crippen molar-refractivity contribution in [2.45, 2.75) is 31.3 Å². The van der Waals surface area contributed by atoms with E-state index >= 15 is 0 Å². The van der Waals surface area contributed by atoms with Gasteiger partial charge >= 0.3 is 0 Å². The number of hydrogen-bond acceptors (Lipinski definition) is 5. The van der Waals surface area contributed by atoms with Crippen molar-refractivity contribution in [3.63, 3.8) is 0 Å². The summed E-state index contributed by atoms with van der Waals surface area (Å²) in [6.07, 6.45) is 0. The van der Waals surface area contributed by atoms with E-state index < -0.39 is 10.0 Å². The lowest BCUT2D eigenvalue weighted by Gasteiger charge is -2.35. The Kier molecular flexibility index (Phi) is 7.82. The summed E-state index contributed by atoms with van der Waals surface area (Å²) < 4.78 is 32.0. The fourth-order valence-electron chi connectivity index (χ4n) is 3.62. The van der Waals surface area contributed by atoms with Gasteiger partial charge in [0.2, 0.25) is 10.0 Å². The topological polar surface area (TPSA) is 70.2 Å². The van der Waals surface area contributed by atoms with Gasteiger partial charge in [-0.25, -0.2) is 8.42 Å². The van der Waals surface area contributed by atoms with Crippen molar-refractivity contribution in [1.29, 1.82) is 0 Å². The Bertz CT molecular complexity index is 1050. The molecule has 1 fully saturated rings. The van der Waals surface area contributed by atoms with Crippen molar-refractivity contribution in [3.05, 3.63) is 58.6 Å². The van der Waals surface area contributed by atoms with E-state index in [1.807, 2.05) is 26.0 Å². The second-order valence-electron chi connectivity index (χ2n) is 8.16. The lowest BCUT2D eigenvalue weighted by atomic mass is 10.1. The number of rotatable bonds is 7. The van der Waals surface area contributed by atoms with Crippen LogP contribution in [-0.4, -0.2) is 74.8 Å². The van der Waals surface area contributed by atoms with Crippen molar-refractivity contribution >= 4 is 27.5 Å². The van der Waals surface area contributed by atoms with Crippen molar-refractivity contribution < 1.29 is 17.9 Å². The molecule has 2 aromatic carbocycles. The molecule has 1 aliphatic heterocycles. The zero-order valence-corrected chi connectivity index (χ0v) is 20.5. The average Bonchev–Trinajstić information content (AvgIpc) is 2.78. The van der Waals surface area contributed by atoms with Gasteiger partial charge < -0.3 is 9.64 Å². The van der Waals surface area contributed by atoms with Crippen LogP contribution in [-0.2, 0) is 16.6 Å². The Morgan fingerprint density at radius 2 is 1.72 bits per heavy atom. The number of halogens is 1. The quantitative estimate of drug-likeness (QED) is 0.609. The molecule has 1 amide bonds. The van der Waals surface area contributed by atoms with E-state index in [1.54, 1.807) is 37.3 Å². The first-order valence-corrected chi connectivity index (χ1v) is 12.4. The van der Waals surface area contributed by atoms with Crippen LogP contribution in [0.15, 0.2) is 47.4 Å². The van der Waals surface area contributed by atoms with E-state index in [4.69, 9.17) is 16.3 Å². The maximum atomic E-state index is 12.9. The van der Waals surface area contributed by atoms with Gasteiger partial charge in [-0.2, -0.15) is 4.31 Å². The molecule has 0 bridgehead atoms. The summed E-state index contributed by atoms with van der Waals surface area (Å²) in [6, 6.07) is 11.6. The van der Waals surface area contributed by atoms with Crippen molar-refractivity contribution in [2.75, 3.05) is 40.3 Å². The molecule has 0 aromatic heterocycles. The average molecular weight is 480 g/mol. The van der Waals surface area contributed by atoms with E-state index in [0.717, 1.165) is 24.4 Å². The smallest absolute Gasteiger partial charge is 0.253 e. The molecule has 174 valence electrons. The molecule has 0 unspecified atom stereocenters. The number of amides is 1. The summed E-state index contributed by atoms with van der Waals surface area (Å²) in [4.78, 5) is 17.2. The number of carbonyl (C=O) groups is 1. The van der Waals surface area contributed by atoms with E-state index in [2.05, 4.69) is 4.90 Å². The number of benzene rings is 2. The van der Waals surface area contributed by atoms with Crippen LogP contribution < -0.4 is 4.74 Å². The molecule has 32 heavy (non-hydrogen) atoms. The van der Waals surface area contributed by atoms with Gasteiger partial charge in [-0.3, -0.25) is 9.69 Å². The third-order valence-corrected chi connectivity index (χ3v) is 8.08. The normalized spacial score (nSPS) is 15.4. The van der Waals surface area contributed by atoms with Crippen LogP contribution >= 0.6 is 11.6 Å². The van der Waals surface area contributed by atoms with Crippen LogP contribution in [0.2, 0.25) is 5.02 Å². The van der Waals surface area contributed by atoms with Crippen molar-refractivity contribution in [3.8, 4) is 5.75 Å². The molecule has 0 radical (unpaired) electrons. The molecular weight excluding hydrogens is 450 g/mol. The minimum absolute atomic E-state index is 0.0915. The molecule has 7 nitrogen and oxygen atoms in total. The molecule has 1 aliphatic rings. The van der Waals surface area contributed by atoms with Crippen LogP contribution in [0.5, 0.6) is 5.75 Å². The van der Waals surface area contributed by atoms with Gasteiger partial charge in [-0.1, -0.05) is 11.6 Å². The first-order valence-electron chi connectivity index (χ1n) is 10.6. The maximum Gasteiger partial charge on any atom is 0.253 e. The monoisotopic (exact) mass is 479 g/mol. The zero-order chi connectivity index (χ0) is 23.5. The molecule has 0 atom stereocenters. The molecule has 9 heteroatoms. The molecule has 0 aliphatic carbocycles. The number of carbonyl (C=O) groups excluding carboxylic acids is 1. The highest BCUT2D eigenvalue weighted by Gasteiger charge is 2.25. The SMILES string of the molecule is COc1ccc(Cl)cc1CN1CCN(C(=O)c2ccc(S(=O)(=O)N(C)C(C)C)cc2)CC1. The number of ether oxygens (including phenoxy) is 1. The first kappa shape index (κ1) is 24.5. The van der Waals surface area contributed by atoms with Crippen LogP contribution in [0.1, 0.15) is 29.8 Å². The molecule has 3 rings (SSSR count). The van der Waals surface area contributed by atoms with E-state index in [9.17, 15) is 13.2 Å². The molecule has 1 saturated heterocycles. The minimum atomic E-state index is -3.57. The van der Waals surface area contributed by atoms with E-state index in [1.165, 1.54) is 16.4 Å². The van der Waals surface area contributed by atoms with Crippen LogP contribution in [0, 0.1) is 0 Å². The standard InChI is InChI=1S/C23H30ClN3O4S/c1-17(2)25(3)32(29,30)21-8-5-18(6-9-21)23(28)27-13-11-26(12-14-27)16-19-15-20(24)7-10-22(19)31-4/h5-10,15,17H,11-14,16H2,1-4H3. The van der Waals surface area contributed by atoms with Gasteiger partial charge in [0.1, 0.15) is 5.75 Å². The molecule has 0 spiro atoms. The summed E-state index contributed by atoms with van der Waals surface area (Å²) in [6.45, 7) is 6.98. The number of sulfonamides is 1. The highest BCUT2D eigenvalue weighted by Crippen LogP contribution is 2.25. The van der Waals surface area contributed by atoms with Gasteiger partial charge in [0, 0.05) is 62.0 Å². The highest BCUT2D eigenvalue weighted by molar-refractivity contribution is 7.89. The summed E-state index contributed by atoms with van der Waals surface area (Å²) in [5, 5.41) is 0.666. The molecule has 0 saturated carbocycles. The summed E-state index contributed by atoms with van der Waals surface area (Å²) in [7, 11) is -0.377. The van der Waals surface area contributed by atoms with Gasteiger partial charge in [0.25, 0.3) is 5.91 Å². The second-order valence-corrected chi connectivity index (χ2v) is 10.6. The Balaban J connectivity index is 1.62. The number of piperazine rings is 1. The van der Waals surface area contributed by atoms with Crippen LogP contribution in [0.25, 0.3) is 0 Å². The summed E-state index contributed by atoms with van der Waals surface area (Å²) in [5.41, 5.74) is 1.50. The van der Waals surface area contributed by atoms with Crippen molar-refractivity contribution in [2.24, 2.45) is 0 Å². The summed E-state index contributed by atoms with van der Waals surface area (Å²) >= 11 is 6.13. The fourth-order valence-corrected chi connectivity index (χ4v) is 5.18. The largest absolute Gasteiger partial charge is 0.496 e. The maximum absolute atomic E-state index is 12.9. The summed E-state index contributed by atoms with van der Waals surface area (Å²) in [5.74, 6) is 0.706. The van der Waals surface area contributed by atoms with E-state index in [0.29, 0.717) is 30.2 Å². The molecule has 1 heterocycles. The third kappa shape index (κ3) is 5.43. The van der Waals surface area contributed by atoms with Crippen molar-refractivity contribution in [1.82, 2.24) is 14.1 Å². The predicted molar refractivity (Wildman–Crippen MR) is 126 cm³/mol. The van der Waals surface area contributed by atoms with Crippen LogP contribution in [0.3, 0.4) is 0 Å². The molecular formula is C23H30ClN3O4S.